The number of alkyl halides is 2. The zero-order chi connectivity index (χ0) is 14.4. The molecule has 0 bridgehead atoms. The second kappa shape index (κ2) is 7.16. The summed E-state index contributed by atoms with van der Waals surface area (Å²) < 4.78 is 24.1. The number of benzene rings is 1. The predicted octanol–water partition coefficient (Wildman–Crippen LogP) is 1.10. The topological polar surface area (TPSA) is 52.6 Å². The normalized spacial score (nSPS) is 12.8. The van der Waals surface area contributed by atoms with E-state index in [-0.39, 0.29) is 0 Å². The van der Waals surface area contributed by atoms with Crippen LogP contribution >= 0.6 is 0 Å². The smallest absolute Gasteiger partial charge is 0.265 e. The van der Waals surface area contributed by atoms with Crippen LogP contribution in [-0.2, 0) is 6.54 Å². The minimum atomic E-state index is -2.86. The van der Waals surface area contributed by atoms with Gasteiger partial charge in [0.25, 0.3) is 12.3 Å². The van der Waals surface area contributed by atoms with E-state index in [4.69, 9.17) is 5.11 Å². The van der Waals surface area contributed by atoms with E-state index in [1.54, 1.807) is 24.3 Å². The average Bonchev–Trinajstić information content (AvgIpc) is 2.35. The van der Waals surface area contributed by atoms with E-state index in [9.17, 15) is 13.6 Å². The van der Waals surface area contributed by atoms with Crippen molar-refractivity contribution in [3.05, 3.63) is 35.4 Å². The molecule has 0 aliphatic carbocycles. The highest BCUT2D eigenvalue weighted by molar-refractivity contribution is 5.94. The van der Waals surface area contributed by atoms with Crippen molar-refractivity contribution < 1.29 is 18.7 Å². The molecule has 106 valence electrons. The lowest BCUT2D eigenvalue weighted by Gasteiger charge is -2.12. The average molecular weight is 272 g/mol. The summed E-state index contributed by atoms with van der Waals surface area (Å²) in [6.07, 6.45) is -4.69. The first-order valence-electron chi connectivity index (χ1n) is 5.88. The summed E-state index contributed by atoms with van der Waals surface area (Å²) in [5, 5.41) is 11.2. The molecule has 0 aliphatic rings. The van der Waals surface area contributed by atoms with E-state index in [1.807, 2.05) is 19.0 Å². The fraction of sp³-hybridized carbons (Fsp3) is 0.462. The number of rotatable bonds is 6. The molecule has 4 nitrogen and oxygen atoms in total. The first-order valence-corrected chi connectivity index (χ1v) is 5.88. The van der Waals surface area contributed by atoms with Gasteiger partial charge >= 0.3 is 0 Å². The van der Waals surface area contributed by atoms with Crippen LogP contribution in [0.25, 0.3) is 0 Å². The number of aliphatic hydroxyl groups is 1. The highest BCUT2D eigenvalue weighted by Gasteiger charge is 2.17. The Morgan fingerprint density at radius 2 is 1.89 bits per heavy atom. The Balaban J connectivity index is 2.53. The molecule has 1 unspecified atom stereocenters. The molecular weight excluding hydrogens is 254 g/mol. The Labute approximate surface area is 111 Å². The molecule has 1 aromatic rings. The van der Waals surface area contributed by atoms with Crippen LogP contribution in [0.15, 0.2) is 24.3 Å². The summed E-state index contributed by atoms with van der Waals surface area (Å²) in [4.78, 5) is 13.6. The van der Waals surface area contributed by atoms with Gasteiger partial charge in [0.05, 0.1) is 0 Å². The van der Waals surface area contributed by atoms with Gasteiger partial charge in [0, 0.05) is 18.7 Å². The van der Waals surface area contributed by atoms with Crippen molar-refractivity contribution in [3.8, 4) is 0 Å². The molecule has 19 heavy (non-hydrogen) atoms. The number of halogens is 2. The van der Waals surface area contributed by atoms with Crippen LogP contribution in [0.1, 0.15) is 15.9 Å². The maximum absolute atomic E-state index is 12.0. The molecule has 0 aliphatic heterocycles. The molecule has 1 amide bonds. The molecule has 0 aromatic heterocycles. The molecule has 1 atom stereocenters. The van der Waals surface area contributed by atoms with Crippen molar-refractivity contribution in [2.45, 2.75) is 19.1 Å². The highest BCUT2D eigenvalue weighted by atomic mass is 19.3. The van der Waals surface area contributed by atoms with Crippen LogP contribution < -0.4 is 5.32 Å². The zero-order valence-electron chi connectivity index (χ0n) is 10.9. The third-order valence-corrected chi connectivity index (χ3v) is 2.48. The lowest BCUT2D eigenvalue weighted by Crippen LogP contribution is -2.35. The van der Waals surface area contributed by atoms with E-state index in [2.05, 4.69) is 5.32 Å². The second-order valence-electron chi connectivity index (χ2n) is 4.55. The summed E-state index contributed by atoms with van der Waals surface area (Å²) >= 11 is 0. The number of carbonyl (C=O) groups is 1. The Morgan fingerprint density at radius 1 is 1.32 bits per heavy atom. The van der Waals surface area contributed by atoms with Crippen LogP contribution in [0.4, 0.5) is 8.78 Å². The number of nitrogens with one attached hydrogen (secondary N) is 1. The van der Waals surface area contributed by atoms with E-state index >= 15 is 0 Å². The summed E-state index contributed by atoms with van der Waals surface area (Å²) in [6.45, 7) is 0.294. The van der Waals surface area contributed by atoms with Gasteiger partial charge in [0.2, 0.25) is 0 Å². The Hall–Kier alpha value is -1.53. The van der Waals surface area contributed by atoms with Gasteiger partial charge in [-0.15, -0.1) is 0 Å². The Bertz CT molecular complexity index is 408. The molecule has 0 radical (unpaired) electrons. The highest BCUT2D eigenvalue weighted by Crippen LogP contribution is 2.06. The number of carbonyl (C=O) groups excluding carboxylic acids is 1. The second-order valence-corrected chi connectivity index (χ2v) is 4.55. The van der Waals surface area contributed by atoms with Crippen molar-refractivity contribution in [2.75, 3.05) is 20.6 Å². The van der Waals surface area contributed by atoms with Gasteiger partial charge in [-0.25, -0.2) is 8.78 Å². The SMILES string of the molecule is CN(C)Cc1ccc(C(=O)NCC(O)C(F)F)cc1. The molecule has 1 aromatic carbocycles. The summed E-state index contributed by atoms with van der Waals surface area (Å²) in [7, 11) is 3.87. The number of nitrogens with zero attached hydrogens (tertiary/aromatic N) is 1. The fourth-order valence-electron chi connectivity index (χ4n) is 1.52. The molecule has 0 saturated heterocycles. The molecular formula is C13H18F2N2O2. The van der Waals surface area contributed by atoms with Crippen molar-refractivity contribution in [2.24, 2.45) is 0 Å². The standard InChI is InChI=1S/C13H18F2N2O2/c1-17(2)8-9-3-5-10(6-4-9)13(19)16-7-11(18)12(14)15/h3-6,11-12,18H,7-8H2,1-2H3,(H,16,19). The first kappa shape index (κ1) is 15.5. The van der Waals surface area contributed by atoms with Gasteiger partial charge in [-0.3, -0.25) is 4.79 Å². The maximum Gasteiger partial charge on any atom is 0.265 e. The molecule has 2 N–H and O–H groups in total. The fourth-order valence-corrected chi connectivity index (χ4v) is 1.52. The molecule has 6 heteroatoms. The third kappa shape index (κ3) is 5.32. The van der Waals surface area contributed by atoms with Gasteiger partial charge in [-0.1, -0.05) is 12.1 Å². The number of amides is 1. The molecule has 0 spiro atoms. The monoisotopic (exact) mass is 272 g/mol. The summed E-state index contributed by atoms with van der Waals surface area (Å²) in [5.74, 6) is -0.476. The maximum atomic E-state index is 12.0. The summed E-state index contributed by atoms with van der Waals surface area (Å²) in [5.41, 5.74) is 1.43. The van der Waals surface area contributed by atoms with Crippen LogP contribution in [0.5, 0.6) is 0 Å². The van der Waals surface area contributed by atoms with Crippen LogP contribution in [-0.4, -0.2) is 49.1 Å². The lowest BCUT2D eigenvalue weighted by atomic mass is 10.1. The largest absolute Gasteiger partial charge is 0.385 e. The van der Waals surface area contributed by atoms with Crippen molar-refractivity contribution >= 4 is 5.91 Å². The predicted molar refractivity (Wildman–Crippen MR) is 68.2 cm³/mol. The van der Waals surface area contributed by atoms with Crippen LogP contribution in [0.2, 0.25) is 0 Å². The molecule has 0 heterocycles. The van der Waals surface area contributed by atoms with Crippen molar-refractivity contribution in [1.29, 1.82) is 0 Å². The Kier molecular flexibility index (Phi) is 5.85. The quantitative estimate of drug-likeness (QED) is 0.815. The van der Waals surface area contributed by atoms with E-state index in [0.29, 0.717) is 5.56 Å². The number of hydrogen-bond donors (Lipinski definition) is 2. The van der Waals surface area contributed by atoms with Gasteiger partial charge in [-0.2, -0.15) is 0 Å². The summed E-state index contributed by atoms with van der Waals surface area (Å²) in [6, 6.07) is 6.86. The van der Waals surface area contributed by atoms with Crippen LogP contribution in [0.3, 0.4) is 0 Å². The van der Waals surface area contributed by atoms with Crippen molar-refractivity contribution in [3.63, 3.8) is 0 Å². The zero-order valence-corrected chi connectivity index (χ0v) is 10.9. The van der Waals surface area contributed by atoms with Gasteiger partial charge in [0.1, 0.15) is 6.10 Å². The van der Waals surface area contributed by atoms with Crippen molar-refractivity contribution in [1.82, 2.24) is 10.2 Å². The Morgan fingerprint density at radius 3 is 2.37 bits per heavy atom. The van der Waals surface area contributed by atoms with Gasteiger partial charge in [0.15, 0.2) is 0 Å². The minimum absolute atomic E-state index is 0.379. The van der Waals surface area contributed by atoms with E-state index in [1.165, 1.54) is 0 Å². The third-order valence-electron chi connectivity index (χ3n) is 2.48. The molecule has 0 saturated carbocycles. The number of hydrogen-bond acceptors (Lipinski definition) is 3. The van der Waals surface area contributed by atoms with Crippen LogP contribution in [0, 0.1) is 0 Å². The number of aliphatic hydroxyl groups excluding tert-OH is 1. The molecule has 1 rings (SSSR count). The van der Waals surface area contributed by atoms with Gasteiger partial charge in [-0.05, 0) is 31.8 Å². The van der Waals surface area contributed by atoms with Gasteiger partial charge < -0.3 is 15.3 Å². The van der Waals surface area contributed by atoms with E-state index < -0.39 is 25.0 Å². The first-order chi connectivity index (χ1) is 8.90. The molecule has 0 fully saturated rings. The lowest BCUT2D eigenvalue weighted by molar-refractivity contribution is -0.00270. The van der Waals surface area contributed by atoms with E-state index in [0.717, 1.165) is 12.1 Å². The minimum Gasteiger partial charge on any atom is -0.385 e.